The van der Waals surface area contributed by atoms with E-state index in [9.17, 15) is 9.59 Å². The van der Waals surface area contributed by atoms with E-state index in [4.69, 9.17) is 0 Å². The van der Waals surface area contributed by atoms with Crippen molar-refractivity contribution in [2.45, 2.75) is 51.0 Å². The summed E-state index contributed by atoms with van der Waals surface area (Å²) in [5, 5.41) is 16.3. The first kappa shape index (κ1) is 15.7. The zero-order chi connectivity index (χ0) is 14.9. The molecule has 116 valence electrons. The fourth-order valence-corrected chi connectivity index (χ4v) is 2.80. The van der Waals surface area contributed by atoms with E-state index in [1.54, 1.807) is 5.51 Å². The van der Waals surface area contributed by atoms with Crippen LogP contribution in [0.5, 0.6) is 0 Å². The molecule has 1 fully saturated rings. The molecule has 1 saturated carbocycles. The molecule has 7 nitrogen and oxygen atoms in total. The van der Waals surface area contributed by atoms with Crippen LogP contribution in [0, 0.1) is 0 Å². The van der Waals surface area contributed by atoms with Crippen molar-refractivity contribution in [2.24, 2.45) is 0 Å². The molecular weight excluding hydrogens is 290 g/mol. The van der Waals surface area contributed by atoms with Crippen LogP contribution in [0.4, 0.5) is 9.93 Å². The molecule has 1 aliphatic carbocycles. The summed E-state index contributed by atoms with van der Waals surface area (Å²) in [7, 11) is 0. The first-order valence-electron chi connectivity index (χ1n) is 7.34. The average Bonchev–Trinajstić information content (AvgIpc) is 2.97. The average molecular weight is 311 g/mol. The number of hydrogen-bond acceptors (Lipinski definition) is 5. The lowest BCUT2D eigenvalue weighted by molar-refractivity contribution is -0.116. The second kappa shape index (κ2) is 8.56. The van der Waals surface area contributed by atoms with Crippen molar-refractivity contribution in [3.05, 3.63) is 5.51 Å². The van der Waals surface area contributed by atoms with E-state index in [1.165, 1.54) is 30.6 Å². The van der Waals surface area contributed by atoms with Gasteiger partial charge in [-0.2, -0.15) is 0 Å². The van der Waals surface area contributed by atoms with E-state index in [0.29, 0.717) is 30.6 Å². The highest BCUT2D eigenvalue weighted by atomic mass is 32.1. The summed E-state index contributed by atoms with van der Waals surface area (Å²) < 4.78 is 0. The molecule has 8 heteroatoms. The molecule has 21 heavy (non-hydrogen) atoms. The molecule has 3 N–H and O–H groups in total. The number of urea groups is 1. The van der Waals surface area contributed by atoms with Crippen molar-refractivity contribution < 1.29 is 9.59 Å². The Hall–Kier alpha value is -1.70. The SMILES string of the molecule is O=C(CCCNC(=O)NC1CCCCC1)Nc1nncs1. The monoisotopic (exact) mass is 311 g/mol. The standard InChI is InChI=1S/C13H21N5O2S/c19-11(17-13-18-15-9-21-13)7-4-8-14-12(20)16-10-5-2-1-3-6-10/h9-10H,1-8H2,(H2,14,16,20)(H,17,18,19). The summed E-state index contributed by atoms with van der Waals surface area (Å²) in [5.41, 5.74) is 1.56. The molecule has 1 aromatic heterocycles. The molecule has 0 unspecified atom stereocenters. The second-order valence-corrected chi connectivity index (χ2v) is 5.96. The van der Waals surface area contributed by atoms with Crippen molar-refractivity contribution in [1.29, 1.82) is 0 Å². The Labute approximate surface area is 127 Å². The highest BCUT2D eigenvalue weighted by Crippen LogP contribution is 2.17. The van der Waals surface area contributed by atoms with Gasteiger partial charge < -0.3 is 16.0 Å². The lowest BCUT2D eigenvalue weighted by atomic mass is 9.96. The molecule has 1 heterocycles. The van der Waals surface area contributed by atoms with Gasteiger partial charge in [0.25, 0.3) is 0 Å². The van der Waals surface area contributed by atoms with Gasteiger partial charge in [-0.05, 0) is 19.3 Å². The number of anilines is 1. The predicted octanol–water partition coefficient (Wildman–Crippen LogP) is 1.89. The third kappa shape index (κ3) is 6.07. The van der Waals surface area contributed by atoms with Crippen LogP contribution in [-0.4, -0.2) is 34.7 Å². The van der Waals surface area contributed by atoms with Crippen molar-refractivity contribution in [2.75, 3.05) is 11.9 Å². The van der Waals surface area contributed by atoms with Crippen molar-refractivity contribution in [3.8, 4) is 0 Å². The number of carbonyl (C=O) groups excluding carboxylic acids is 2. The maximum absolute atomic E-state index is 11.7. The van der Waals surface area contributed by atoms with Gasteiger partial charge in [0.05, 0.1) is 0 Å². The van der Waals surface area contributed by atoms with E-state index in [0.717, 1.165) is 12.8 Å². The normalized spacial score (nSPS) is 15.4. The zero-order valence-corrected chi connectivity index (χ0v) is 12.7. The number of amides is 3. The first-order valence-corrected chi connectivity index (χ1v) is 8.22. The van der Waals surface area contributed by atoms with Crippen molar-refractivity contribution in [1.82, 2.24) is 20.8 Å². The topological polar surface area (TPSA) is 96.0 Å². The summed E-state index contributed by atoms with van der Waals surface area (Å²) in [6, 6.07) is 0.172. The lowest BCUT2D eigenvalue weighted by Gasteiger charge is -2.22. The van der Waals surface area contributed by atoms with Crippen LogP contribution >= 0.6 is 11.3 Å². The van der Waals surface area contributed by atoms with Gasteiger partial charge in [-0.25, -0.2) is 4.79 Å². The van der Waals surface area contributed by atoms with E-state index in [1.807, 2.05) is 0 Å². The first-order chi connectivity index (χ1) is 10.2. The third-order valence-corrected chi connectivity index (χ3v) is 4.02. The van der Waals surface area contributed by atoms with Gasteiger partial charge in [-0.15, -0.1) is 10.2 Å². The summed E-state index contributed by atoms with van der Waals surface area (Å²) >= 11 is 1.28. The molecule has 0 spiro atoms. The highest BCUT2D eigenvalue weighted by Gasteiger charge is 2.15. The van der Waals surface area contributed by atoms with Gasteiger partial charge in [0.15, 0.2) is 0 Å². The van der Waals surface area contributed by atoms with E-state index in [2.05, 4.69) is 26.1 Å². The van der Waals surface area contributed by atoms with Gasteiger partial charge in [-0.1, -0.05) is 30.6 Å². The number of nitrogens with zero attached hydrogens (tertiary/aromatic N) is 2. The number of rotatable bonds is 6. The third-order valence-electron chi connectivity index (χ3n) is 3.41. The molecule has 1 aliphatic rings. The Morgan fingerprint density at radius 2 is 2.10 bits per heavy atom. The van der Waals surface area contributed by atoms with Crippen molar-refractivity contribution >= 4 is 28.4 Å². The highest BCUT2D eigenvalue weighted by molar-refractivity contribution is 7.13. The van der Waals surface area contributed by atoms with Crippen LogP contribution in [0.15, 0.2) is 5.51 Å². The largest absolute Gasteiger partial charge is 0.338 e. The number of hydrogen-bond donors (Lipinski definition) is 3. The number of carbonyl (C=O) groups is 2. The molecule has 3 amide bonds. The molecule has 0 atom stereocenters. The van der Waals surface area contributed by atoms with Crippen LogP contribution in [0.2, 0.25) is 0 Å². The van der Waals surface area contributed by atoms with Gasteiger partial charge in [0.1, 0.15) is 5.51 Å². The summed E-state index contributed by atoms with van der Waals surface area (Å²) in [4.78, 5) is 23.2. The minimum absolute atomic E-state index is 0.110. The molecule has 0 aliphatic heterocycles. The van der Waals surface area contributed by atoms with Gasteiger partial charge in [-0.3, -0.25) is 4.79 Å². The maximum atomic E-state index is 11.7. The van der Waals surface area contributed by atoms with Gasteiger partial charge >= 0.3 is 6.03 Å². The maximum Gasteiger partial charge on any atom is 0.315 e. The Morgan fingerprint density at radius 1 is 1.29 bits per heavy atom. The summed E-state index contributed by atoms with van der Waals surface area (Å²) in [6.07, 6.45) is 6.73. The van der Waals surface area contributed by atoms with Crippen molar-refractivity contribution in [3.63, 3.8) is 0 Å². The van der Waals surface area contributed by atoms with Crippen LogP contribution in [-0.2, 0) is 4.79 Å². The minimum Gasteiger partial charge on any atom is -0.338 e. The molecule has 0 bridgehead atoms. The number of aromatic nitrogens is 2. The summed E-state index contributed by atoms with van der Waals surface area (Å²) in [5.74, 6) is -0.110. The fraction of sp³-hybridized carbons (Fsp3) is 0.692. The molecule has 2 rings (SSSR count). The molecule has 0 saturated heterocycles. The molecule has 1 aromatic rings. The quantitative estimate of drug-likeness (QED) is 0.699. The fourth-order valence-electron chi connectivity index (χ4n) is 2.34. The van der Waals surface area contributed by atoms with Gasteiger partial charge in [0.2, 0.25) is 11.0 Å². The second-order valence-electron chi connectivity index (χ2n) is 5.13. The van der Waals surface area contributed by atoms with Crippen LogP contribution < -0.4 is 16.0 Å². The lowest BCUT2D eigenvalue weighted by Crippen LogP contribution is -2.43. The zero-order valence-electron chi connectivity index (χ0n) is 11.9. The molecule has 0 aromatic carbocycles. The summed E-state index contributed by atoms with van der Waals surface area (Å²) in [6.45, 7) is 0.488. The molecular formula is C13H21N5O2S. The van der Waals surface area contributed by atoms with E-state index in [-0.39, 0.29) is 11.9 Å². The van der Waals surface area contributed by atoms with Crippen LogP contribution in [0.25, 0.3) is 0 Å². The Balaban J connectivity index is 1.52. The number of nitrogens with one attached hydrogen (secondary N) is 3. The Kier molecular flexibility index (Phi) is 6.39. The van der Waals surface area contributed by atoms with Crippen LogP contribution in [0.1, 0.15) is 44.9 Å². The molecule has 0 radical (unpaired) electrons. The van der Waals surface area contributed by atoms with E-state index >= 15 is 0 Å². The smallest absolute Gasteiger partial charge is 0.315 e. The van der Waals surface area contributed by atoms with Gasteiger partial charge in [0, 0.05) is 19.0 Å². The Morgan fingerprint density at radius 3 is 2.81 bits per heavy atom. The van der Waals surface area contributed by atoms with Crippen LogP contribution in [0.3, 0.4) is 0 Å². The minimum atomic E-state index is -0.133. The van der Waals surface area contributed by atoms with E-state index < -0.39 is 0 Å². The predicted molar refractivity (Wildman–Crippen MR) is 81.2 cm³/mol. The Bertz CT molecular complexity index is 445.